The molecule has 0 heterocycles. The molecule has 10 heteroatoms. The van der Waals surface area contributed by atoms with Gasteiger partial charge in [0.15, 0.2) is 23.3 Å². The van der Waals surface area contributed by atoms with Crippen molar-refractivity contribution in [2.75, 3.05) is 19.4 Å². The summed E-state index contributed by atoms with van der Waals surface area (Å²) in [5.74, 6) is -13.0. The Morgan fingerprint density at radius 1 is 0.870 bits per heavy atom. The topological polar surface area (TPSA) is 44.8 Å². The molecule has 0 spiro atoms. The van der Waals surface area contributed by atoms with Crippen LogP contribution in [0.15, 0.2) is 0 Å². The number of ether oxygens (including phenoxy) is 1. The zero-order chi connectivity index (χ0) is 17.8. The highest BCUT2D eigenvalue weighted by atomic mass is 28.4. The van der Waals surface area contributed by atoms with Crippen molar-refractivity contribution in [2.24, 2.45) is 0 Å². The van der Waals surface area contributed by atoms with E-state index in [2.05, 4.69) is 4.74 Å². The van der Waals surface area contributed by atoms with Crippen molar-refractivity contribution in [3.05, 3.63) is 34.6 Å². The molecule has 0 unspecified atom stereocenters. The average Bonchev–Trinajstić information content (AvgIpc) is 2.50. The van der Waals surface area contributed by atoms with Crippen molar-refractivity contribution in [2.45, 2.75) is 20.4 Å². The third-order valence-corrected chi connectivity index (χ3v) is 5.25. The van der Waals surface area contributed by atoms with E-state index in [9.17, 15) is 26.7 Å². The van der Waals surface area contributed by atoms with E-state index in [1.165, 1.54) is 6.55 Å². The number of esters is 1. The number of benzene rings is 1. The van der Waals surface area contributed by atoms with E-state index in [0.29, 0.717) is 0 Å². The largest absolute Gasteiger partial charge is 0.460 e. The van der Waals surface area contributed by atoms with E-state index < -0.39 is 55.4 Å². The molecule has 0 amide bonds. The van der Waals surface area contributed by atoms with Gasteiger partial charge in [0.25, 0.3) is 0 Å². The second-order valence-electron chi connectivity index (χ2n) is 4.52. The molecule has 0 saturated carbocycles. The Hall–Kier alpha value is -1.52. The molecule has 0 fully saturated rings. The van der Waals surface area contributed by atoms with Crippen LogP contribution in [0.25, 0.3) is 0 Å². The second-order valence-corrected chi connectivity index (χ2v) is 7.65. The minimum absolute atomic E-state index is 0.239. The molecule has 0 radical (unpaired) electrons. The van der Waals surface area contributed by atoms with Crippen LogP contribution in [0.5, 0.6) is 0 Å². The van der Waals surface area contributed by atoms with Gasteiger partial charge in [-0.25, -0.2) is 26.7 Å². The minimum atomic E-state index is -2.97. The Bertz CT molecular complexity index is 561. The van der Waals surface area contributed by atoms with Crippen molar-refractivity contribution in [3.63, 3.8) is 0 Å². The number of rotatable bonds is 7. The van der Waals surface area contributed by atoms with Gasteiger partial charge in [-0.1, -0.05) is 0 Å². The summed E-state index contributed by atoms with van der Waals surface area (Å²) in [7, 11) is -2.97. The Labute approximate surface area is 130 Å². The normalized spacial score (nSPS) is 11.7. The summed E-state index contributed by atoms with van der Waals surface area (Å²) >= 11 is 0. The molecular weight excluding hydrogens is 343 g/mol. The molecule has 0 aliphatic carbocycles. The molecule has 1 aromatic rings. The zero-order valence-electron chi connectivity index (χ0n) is 12.6. The molecule has 1 aromatic carbocycles. The highest BCUT2D eigenvalue weighted by Gasteiger charge is 2.36. The van der Waals surface area contributed by atoms with E-state index in [1.54, 1.807) is 13.8 Å². The van der Waals surface area contributed by atoms with Gasteiger partial charge in [0.2, 0.25) is 5.82 Å². The van der Waals surface area contributed by atoms with E-state index >= 15 is 0 Å². The summed E-state index contributed by atoms with van der Waals surface area (Å²) in [6.07, 6.45) is -0.465. The van der Waals surface area contributed by atoms with Gasteiger partial charge in [-0.05, 0) is 20.4 Å². The van der Waals surface area contributed by atoms with Crippen LogP contribution in [0.3, 0.4) is 0 Å². The van der Waals surface area contributed by atoms with Gasteiger partial charge in [0.1, 0.15) is 11.8 Å². The van der Waals surface area contributed by atoms with Crippen molar-refractivity contribution in [1.82, 2.24) is 0 Å². The zero-order valence-corrected chi connectivity index (χ0v) is 13.6. The predicted molar refractivity (Wildman–Crippen MR) is 71.4 cm³/mol. The minimum Gasteiger partial charge on any atom is -0.460 e. The molecular formula is C13H15F5O4Si. The van der Waals surface area contributed by atoms with E-state index in [-0.39, 0.29) is 13.2 Å². The number of hydrogen-bond donors (Lipinski definition) is 0. The molecule has 0 N–H and O–H groups in total. The first-order valence-corrected chi connectivity index (χ1v) is 9.17. The van der Waals surface area contributed by atoms with Crippen LogP contribution in [-0.2, 0) is 13.6 Å². The third kappa shape index (κ3) is 4.27. The SMILES string of the molecule is CCO[Si](C)(COC(=O)c1c(F)c(F)c(F)c(F)c1F)OCC. The van der Waals surface area contributed by atoms with Gasteiger partial charge in [-0.3, -0.25) is 0 Å². The Morgan fingerprint density at radius 3 is 1.65 bits per heavy atom. The number of carbonyl (C=O) groups is 1. The molecule has 1 rings (SSSR count). The van der Waals surface area contributed by atoms with Gasteiger partial charge in [0, 0.05) is 13.2 Å². The van der Waals surface area contributed by atoms with Crippen LogP contribution in [0.4, 0.5) is 22.0 Å². The molecule has 0 saturated heterocycles. The van der Waals surface area contributed by atoms with Gasteiger partial charge >= 0.3 is 14.5 Å². The lowest BCUT2D eigenvalue weighted by Gasteiger charge is -2.25. The fraction of sp³-hybridized carbons (Fsp3) is 0.462. The van der Waals surface area contributed by atoms with Crippen molar-refractivity contribution in [1.29, 1.82) is 0 Å². The van der Waals surface area contributed by atoms with E-state index in [1.807, 2.05) is 0 Å². The average molecular weight is 358 g/mol. The maximum Gasteiger partial charge on any atom is 0.374 e. The fourth-order valence-electron chi connectivity index (χ4n) is 1.79. The maximum atomic E-state index is 13.5. The molecule has 23 heavy (non-hydrogen) atoms. The molecule has 0 aliphatic heterocycles. The van der Waals surface area contributed by atoms with Gasteiger partial charge in [-0.15, -0.1) is 0 Å². The van der Waals surface area contributed by atoms with Crippen molar-refractivity contribution < 1.29 is 40.3 Å². The molecule has 0 aliphatic rings. The van der Waals surface area contributed by atoms with Crippen molar-refractivity contribution >= 4 is 14.5 Å². The Morgan fingerprint density at radius 2 is 1.26 bits per heavy atom. The third-order valence-electron chi connectivity index (χ3n) is 2.78. The van der Waals surface area contributed by atoms with E-state index in [0.717, 1.165) is 0 Å². The van der Waals surface area contributed by atoms with Crippen LogP contribution < -0.4 is 0 Å². The van der Waals surface area contributed by atoms with Crippen LogP contribution in [0.1, 0.15) is 24.2 Å². The highest BCUT2D eigenvalue weighted by molar-refractivity contribution is 6.66. The lowest BCUT2D eigenvalue weighted by atomic mass is 10.1. The van der Waals surface area contributed by atoms with Gasteiger partial charge in [0.05, 0.1) is 0 Å². The highest BCUT2D eigenvalue weighted by Crippen LogP contribution is 2.24. The first-order valence-electron chi connectivity index (χ1n) is 6.65. The summed E-state index contributed by atoms with van der Waals surface area (Å²) in [5, 5.41) is 0. The smallest absolute Gasteiger partial charge is 0.374 e. The van der Waals surface area contributed by atoms with Gasteiger partial charge in [-0.2, -0.15) is 0 Å². The first kappa shape index (κ1) is 19.5. The molecule has 130 valence electrons. The lowest BCUT2D eigenvalue weighted by Crippen LogP contribution is -2.45. The predicted octanol–water partition coefficient (Wildman–Crippen LogP) is 3.22. The van der Waals surface area contributed by atoms with Crippen LogP contribution in [0, 0.1) is 29.1 Å². The number of halogens is 5. The van der Waals surface area contributed by atoms with Crippen LogP contribution in [-0.4, -0.2) is 34.0 Å². The Balaban J connectivity index is 3.03. The van der Waals surface area contributed by atoms with E-state index in [4.69, 9.17) is 8.85 Å². The standard InChI is InChI=1S/C13H15F5O4Si/c1-4-21-23(3,22-5-2)6-20-13(19)7-8(14)10(16)12(18)11(17)9(7)15/h4-6H2,1-3H3. The number of carbonyl (C=O) groups excluding carboxylic acids is 1. The second kappa shape index (κ2) is 7.84. The van der Waals surface area contributed by atoms with Crippen LogP contribution >= 0.6 is 0 Å². The molecule has 0 bridgehead atoms. The molecule has 0 aromatic heterocycles. The summed E-state index contributed by atoms with van der Waals surface area (Å²) < 4.78 is 81.4. The maximum absolute atomic E-state index is 13.5. The lowest BCUT2D eigenvalue weighted by molar-refractivity contribution is 0.0484. The Kier molecular flexibility index (Phi) is 6.65. The molecule has 0 atom stereocenters. The summed E-state index contributed by atoms with van der Waals surface area (Å²) in [4.78, 5) is 11.7. The van der Waals surface area contributed by atoms with Crippen LogP contribution in [0.2, 0.25) is 6.55 Å². The van der Waals surface area contributed by atoms with Crippen molar-refractivity contribution in [3.8, 4) is 0 Å². The number of hydrogen-bond acceptors (Lipinski definition) is 4. The summed E-state index contributed by atoms with van der Waals surface area (Å²) in [6.45, 7) is 5.34. The first-order chi connectivity index (χ1) is 10.7. The fourth-order valence-corrected chi connectivity index (χ4v) is 3.65. The summed E-state index contributed by atoms with van der Waals surface area (Å²) in [6, 6.07) is 0. The summed E-state index contributed by atoms with van der Waals surface area (Å²) in [5.41, 5.74) is -1.65. The molecule has 4 nitrogen and oxygen atoms in total. The monoisotopic (exact) mass is 358 g/mol. The van der Waals surface area contributed by atoms with Gasteiger partial charge < -0.3 is 13.6 Å². The quantitative estimate of drug-likeness (QED) is 0.247.